The molecule has 1 aliphatic heterocycles. The normalized spacial score (nSPS) is 20.9. The van der Waals surface area contributed by atoms with E-state index in [-0.39, 0.29) is 17.6 Å². The molecule has 1 fully saturated rings. The fraction of sp³-hybridized carbons (Fsp3) is 0.588. The Morgan fingerprint density at radius 3 is 2.50 bits per heavy atom. The van der Waals surface area contributed by atoms with Gasteiger partial charge >= 0.3 is 0 Å². The molecule has 1 atom stereocenters. The first-order chi connectivity index (χ1) is 9.48. The third-order valence-electron chi connectivity index (χ3n) is 3.88. The van der Waals surface area contributed by atoms with E-state index in [4.69, 9.17) is 4.74 Å². The second-order valence-corrected chi connectivity index (χ2v) is 6.19. The molecule has 0 saturated carbocycles. The topological polar surface area (TPSA) is 38.3 Å². The van der Waals surface area contributed by atoms with Crippen LogP contribution in [-0.4, -0.2) is 24.2 Å². The number of benzene rings is 1. The van der Waals surface area contributed by atoms with E-state index in [2.05, 4.69) is 38.2 Å². The Kier molecular flexibility index (Phi) is 4.81. The van der Waals surface area contributed by atoms with Gasteiger partial charge in [0.25, 0.3) is 0 Å². The number of hydrogen-bond donors (Lipinski definition) is 1. The summed E-state index contributed by atoms with van der Waals surface area (Å²) in [5.41, 5.74) is 2.33. The van der Waals surface area contributed by atoms with Crippen molar-refractivity contribution in [2.24, 2.45) is 0 Å². The van der Waals surface area contributed by atoms with Crippen LogP contribution in [0.15, 0.2) is 24.3 Å². The molecule has 1 aromatic carbocycles. The van der Waals surface area contributed by atoms with Crippen molar-refractivity contribution in [2.45, 2.75) is 58.2 Å². The van der Waals surface area contributed by atoms with Gasteiger partial charge in [0, 0.05) is 6.54 Å². The first-order valence-corrected chi connectivity index (χ1v) is 7.51. The standard InChI is InChI=1S/C17H25NO2/c1-4-13-5-7-14(8-6-13)11-16(19)18-12-15-9-10-17(2,3)20-15/h5-8,15H,4,9-12H2,1-3H3,(H,18,19)/t15-/m1/s1. The zero-order valence-electron chi connectivity index (χ0n) is 12.7. The van der Waals surface area contributed by atoms with Gasteiger partial charge in [-0.1, -0.05) is 31.2 Å². The molecule has 0 aliphatic carbocycles. The molecule has 0 spiro atoms. The highest BCUT2D eigenvalue weighted by atomic mass is 16.5. The molecule has 0 unspecified atom stereocenters. The van der Waals surface area contributed by atoms with Crippen molar-refractivity contribution in [3.05, 3.63) is 35.4 Å². The molecule has 110 valence electrons. The summed E-state index contributed by atoms with van der Waals surface area (Å²) in [6.07, 6.45) is 3.72. The Balaban J connectivity index is 1.75. The van der Waals surface area contributed by atoms with Crippen molar-refractivity contribution in [3.63, 3.8) is 0 Å². The molecule has 0 bridgehead atoms. The molecule has 1 heterocycles. The summed E-state index contributed by atoms with van der Waals surface area (Å²) in [4.78, 5) is 11.9. The van der Waals surface area contributed by atoms with Crippen LogP contribution in [0.5, 0.6) is 0 Å². The smallest absolute Gasteiger partial charge is 0.224 e. The van der Waals surface area contributed by atoms with Crippen LogP contribution < -0.4 is 5.32 Å². The Hall–Kier alpha value is -1.35. The Bertz CT molecular complexity index is 451. The first kappa shape index (κ1) is 15.0. The van der Waals surface area contributed by atoms with Gasteiger partial charge < -0.3 is 10.1 Å². The van der Waals surface area contributed by atoms with E-state index in [1.807, 2.05) is 12.1 Å². The lowest BCUT2D eigenvalue weighted by molar-refractivity contribution is -0.121. The van der Waals surface area contributed by atoms with Crippen molar-refractivity contribution in [1.82, 2.24) is 5.32 Å². The molecule has 3 nitrogen and oxygen atoms in total. The number of nitrogens with one attached hydrogen (secondary N) is 1. The summed E-state index contributed by atoms with van der Waals surface area (Å²) < 4.78 is 5.86. The largest absolute Gasteiger partial charge is 0.371 e. The highest BCUT2D eigenvalue weighted by molar-refractivity contribution is 5.78. The lowest BCUT2D eigenvalue weighted by Gasteiger charge is -2.19. The van der Waals surface area contributed by atoms with E-state index >= 15 is 0 Å². The molecule has 1 aliphatic rings. The monoisotopic (exact) mass is 275 g/mol. The van der Waals surface area contributed by atoms with Gasteiger partial charge in [-0.05, 0) is 44.2 Å². The third-order valence-corrected chi connectivity index (χ3v) is 3.88. The van der Waals surface area contributed by atoms with Gasteiger partial charge in [0.05, 0.1) is 18.1 Å². The van der Waals surface area contributed by atoms with Crippen molar-refractivity contribution in [3.8, 4) is 0 Å². The molecule has 0 aromatic heterocycles. The Labute approximate surface area is 121 Å². The highest BCUT2D eigenvalue weighted by Gasteiger charge is 2.31. The fourth-order valence-corrected chi connectivity index (χ4v) is 2.59. The van der Waals surface area contributed by atoms with Gasteiger partial charge in [0.2, 0.25) is 5.91 Å². The maximum absolute atomic E-state index is 11.9. The van der Waals surface area contributed by atoms with E-state index in [0.29, 0.717) is 13.0 Å². The SMILES string of the molecule is CCc1ccc(CC(=O)NC[C@H]2CCC(C)(C)O2)cc1. The zero-order chi connectivity index (χ0) is 14.6. The van der Waals surface area contributed by atoms with Crippen LogP contribution in [0, 0.1) is 0 Å². The summed E-state index contributed by atoms with van der Waals surface area (Å²) >= 11 is 0. The quantitative estimate of drug-likeness (QED) is 0.897. The number of carbonyl (C=O) groups is 1. The van der Waals surface area contributed by atoms with Crippen LogP contribution in [0.1, 0.15) is 44.7 Å². The molecule has 1 N–H and O–H groups in total. The molecule has 3 heteroatoms. The fourth-order valence-electron chi connectivity index (χ4n) is 2.59. The van der Waals surface area contributed by atoms with Crippen molar-refractivity contribution in [1.29, 1.82) is 0 Å². The van der Waals surface area contributed by atoms with Gasteiger partial charge in [-0.3, -0.25) is 4.79 Å². The summed E-state index contributed by atoms with van der Waals surface area (Å²) in [7, 11) is 0. The molecule has 2 rings (SSSR count). The maximum atomic E-state index is 11.9. The number of hydrogen-bond acceptors (Lipinski definition) is 2. The minimum Gasteiger partial charge on any atom is -0.371 e. The third kappa shape index (κ3) is 4.34. The first-order valence-electron chi connectivity index (χ1n) is 7.51. The lowest BCUT2D eigenvalue weighted by Crippen LogP contribution is -2.34. The van der Waals surface area contributed by atoms with Gasteiger partial charge in [0.15, 0.2) is 0 Å². The number of aryl methyl sites for hydroxylation is 1. The van der Waals surface area contributed by atoms with E-state index in [9.17, 15) is 4.79 Å². The predicted octanol–water partition coefficient (Wildman–Crippen LogP) is 2.87. The molecular weight excluding hydrogens is 250 g/mol. The molecule has 1 amide bonds. The van der Waals surface area contributed by atoms with Gasteiger partial charge in [-0.2, -0.15) is 0 Å². The highest BCUT2D eigenvalue weighted by Crippen LogP contribution is 2.28. The number of ether oxygens (including phenoxy) is 1. The molecule has 1 saturated heterocycles. The average molecular weight is 275 g/mol. The van der Waals surface area contributed by atoms with Crippen LogP contribution in [0.25, 0.3) is 0 Å². The van der Waals surface area contributed by atoms with Crippen LogP contribution >= 0.6 is 0 Å². The predicted molar refractivity (Wildman–Crippen MR) is 80.7 cm³/mol. The minimum atomic E-state index is -0.0363. The van der Waals surface area contributed by atoms with E-state index < -0.39 is 0 Å². The molecule has 20 heavy (non-hydrogen) atoms. The van der Waals surface area contributed by atoms with Crippen molar-refractivity contribution in [2.75, 3.05) is 6.54 Å². The van der Waals surface area contributed by atoms with Crippen molar-refractivity contribution >= 4 is 5.91 Å². The van der Waals surface area contributed by atoms with Crippen molar-refractivity contribution < 1.29 is 9.53 Å². The van der Waals surface area contributed by atoms with Crippen LogP contribution in [0.2, 0.25) is 0 Å². The summed E-state index contributed by atoms with van der Waals surface area (Å²) in [5, 5.41) is 2.98. The van der Waals surface area contributed by atoms with Crippen LogP contribution in [-0.2, 0) is 22.4 Å². The van der Waals surface area contributed by atoms with Gasteiger partial charge in [0.1, 0.15) is 0 Å². The molecule has 0 radical (unpaired) electrons. The minimum absolute atomic E-state index is 0.0363. The number of amides is 1. The Morgan fingerprint density at radius 1 is 1.30 bits per heavy atom. The number of rotatable bonds is 5. The molecule has 1 aromatic rings. The van der Waals surface area contributed by atoms with E-state index in [0.717, 1.165) is 24.8 Å². The van der Waals surface area contributed by atoms with E-state index in [1.54, 1.807) is 0 Å². The summed E-state index contributed by atoms with van der Waals surface area (Å²) in [5.74, 6) is 0.0718. The van der Waals surface area contributed by atoms with Gasteiger partial charge in [-0.15, -0.1) is 0 Å². The second-order valence-electron chi connectivity index (χ2n) is 6.19. The maximum Gasteiger partial charge on any atom is 0.224 e. The average Bonchev–Trinajstić information content (AvgIpc) is 2.77. The number of carbonyl (C=O) groups excluding carboxylic acids is 1. The van der Waals surface area contributed by atoms with Gasteiger partial charge in [-0.25, -0.2) is 0 Å². The zero-order valence-corrected chi connectivity index (χ0v) is 12.7. The van der Waals surface area contributed by atoms with Crippen LogP contribution in [0.3, 0.4) is 0 Å². The lowest BCUT2D eigenvalue weighted by atomic mass is 10.1. The molecular formula is C17H25NO2. The Morgan fingerprint density at radius 2 is 1.95 bits per heavy atom. The van der Waals surface area contributed by atoms with E-state index in [1.165, 1.54) is 5.56 Å². The second kappa shape index (κ2) is 6.40. The van der Waals surface area contributed by atoms with Crippen LogP contribution in [0.4, 0.5) is 0 Å². The summed E-state index contributed by atoms with van der Waals surface area (Å²) in [6, 6.07) is 8.25. The summed E-state index contributed by atoms with van der Waals surface area (Å²) in [6.45, 7) is 6.95.